The van der Waals surface area contributed by atoms with Gasteiger partial charge in [0.05, 0.1) is 15.2 Å². The highest BCUT2D eigenvalue weighted by atomic mass is 79.9. The van der Waals surface area contributed by atoms with Crippen molar-refractivity contribution in [2.45, 2.75) is 33.2 Å². The van der Waals surface area contributed by atoms with E-state index in [2.05, 4.69) is 45.4 Å². The lowest BCUT2D eigenvalue weighted by Crippen LogP contribution is -2.11. The van der Waals surface area contributed by atoms with Crippen LogP contribution in [0.2, 0.25) is 0 Å². The molecule has 104 valence electrons. The monoisotopic (exact) mass is 342 g/mol. The lowest BCUT2D eigenvalue weighted by molar-refractivity contribution is 0.603. The second kappa shape index (κ2) is 6.43. The van der Waals surface area contributed by atoms with Crippen molar-refractivity contribution in [3.63, 3.8) is 0 Å². The number of nitrogens with two attached hydrogens (primary N) is 1. The van der Waals surface area contributed by atoms with Crippen LogP contribution in [0.3, 0.4) is 0 Å². The summed E-state index contributed by atoms with van der Waals surface area (Å²) >= 11 is 5.25. The standard InChI is InChI=1S/C13H19BrN4S/c1-3-8-18-13(12(15)9(2)17-18)16-7-6-10-4-5-11(14)19-10/h4-5,16H,3,6-8,15H2,1-2H3. The van der Waals surface area contributed by atoms with Crippen LogP contribution in [0.15, 0.2) is 15.9 Å². The minimum Gasteiger partial charge on any atom is -0.394 e. The maximum Gasteiger partial charge on any atom is 0.148 e. The Morgan fingerprint density at radius 1 is 1.47 bits per heavy atom. The molecule has 2 aromatic heterocycles. The molecule has 0 amide bonds. The van der Waals surface area contributed by atoms with Crippen LogP contribution in [0.25, 0.3) is 0 Å². The van der Waals surface area contributed by atoms with Crippen molar-refractivity contribution in [1.29, 1.82) is 0 Å². The molecule has 0 saturated heterocycles. The molecule has 0 spiro atoms. The molecule has 0 bridgehead atoms. The molecule has 0 aliphatic rings. The fraction of sp³-hybridized carbons (Fsp3) is 0.462. The van der Waals surface area contributed by atoms with E-state index in [1.165, 1.54) is 8.66 Å². The molecule has 3 N–H and O–H groups in total. The molecular weight excluding hydrogens is 324 g/mol. The lowest BCUT2D eigenvalue weighted by atomic mass is 10.3. The molecule has 19 heavy (non-hydrogen) atoms. The molecular formula is C13H19BrN4S. The van der Waals surface area contributed by atoms with Crippen molar-refractivity contribution in [3.05, 3.63) is 26.5 Å². The summed E-state index contributed by atoms with van der Waals surface area (Å²) in [5.41, 5.74) is 7.73. The van der Waals surface area contributed by atoms with Gasteiger partial charge in [-0.1, -0.05) is 6.92 Å². The van der Waals surface area contributed by atoms with Crippen LogP contribution in [-0.2, 0) is 13.0 Å². The predicted octanol–water partition coefficient (Wildman–Crippen LogP) is 3.66. The molecule has 0 aliphatic heterocycles. The highest BCUT2D eigenvalue weighted by Gasteiger charge is 2.11. The van der Waals surface area contributed by atoms with Crippen molar-refractivity contribution < 1.29 is 0 Å². The van der Waals surface area contributed by atoms with Crippen LogP contribution in [0.1, 0.15) is 23.9 Å². The van der Waals surface area contributed by atoms with E-state index < -0.39 is 0 Å². The van der Waals surface area contributed by atoms with Gasteiger partial charge >= 0.3 is 0 Å². The van der Waals surface area contributed by atoms with Crippen LogP contribution in [0.5, 0.6) is 0 Å². The maximum absolute atomic E-state index is 6.07. The maximum atomic E-state index is 6.07. The van der Waals surface area contributed by atoms with Gasteiger partial charge in [-0.25, -0.2) is 4.68 Å². The third kappa shape index (κ3) is 3.51. The van der Waals surface area contributed by atoms with Crippen LogP contribution >= 0.6 is 27.3 Å². The fourth-order valence-corrected chi connectivity index (χ4v) is 3.43. The number of hydrogen-bond acceptors (Lipinski definition) is 4. The highest BCUT2D eigenvalue weighted by molar-refractivity contribution is 9.11. The quantitative estimate of drug-likeness (QED) is 0.842. The zero-order valence-corrected chi connectivity index (χ0v) is 13.6. The number of rotatable bonds is 6. The number of hydrogen-bond donors (Lipinski definition) is 2. The molecule has 2 rings (SSSR count). The number of anilines is 2. The Kier molecular flexibility index (Phi) is 4.87. The Morgan fingerprint density at radius 2 is 2.26 bits per heavy atom. The van der Waals surface area contributed by atoms with E-state index in [0.717, 1.165) is 43.1 Å². The lowest BCUT2D eigenvalue weighted by Gasteiger charge is -2.09. The second-order valence-corrected chi connectivity index (χ2v) is 7.00. The average Bonchev–Trinajstić information content (AvgIpc) is 2.89. The Hall–Kier alpha value is -1.01. The van der Waals surface area contributed by atoms with Gasteiger partial charge in [-0.3, -0.25) is 0 Å². The van der Waals surface area contributed by atoms with Crippen LogP contribution < -0.4 is 11.1 Å². The minimum absolute atomic E-state index is 0.765. The summed E-state index contributed by atoms with van der Waals surface area (Å²) in [5.74, 6) is 0.954. The van der Waals surface area contributed by atoms with E-state index in [-0.39, 0.29) is 0 Å². The van der Waals surface area contributed by atoms with E-state index >= 15 is 0 Å². The zero-order chi connectivity index (χ0) is 13.8. The van der Waals surface area contributed by atoms with E-state index in [4.69, 9.17) is 5.73 Å². The molecule has 0 aromatic carbocycles. The topological polar surface area (TPSA) is 55.9 Å². The number of aryl methyl sites for hydroxylation is 2. The normalized spacial score (nSPS) is 10.9. The largest absolute Gasteiger partial charge is 0.394 e. The van der Waals surface area contributed by atoms with Gasteiger partial charge in [-0.2, -0.15) is 5.10 Å². The Morgan fingerprint density at radius 3 is 2.89 bits per heavy atom. The molecule has 0 atom stereocenters. The van der Waals surface area contributed by atoms with Crippen molar-refractivity contribution in [2.75, 3.05) is 17.6 Å². The van der Waals surface area contributed by atoms with Crippen molar-refractivity contribution in [3.8, 4) is 0 Å². The Labute approximate surface area is 126 Å². The van der Waals surface area contributed by atoms with Crippen LogP contribution in [0, 0.1) is 6.92 Å². The van der Waals surface area contributed by atoms with E-state index in [0.29, 0.717) is 0 Å². The van der Waals surface area contributed by atoms with E-state index in [1.54, 1.807) is 11.3 Å². The van der Waals surface area contributed by atoms with E-state index in [9.17, 15) is 0 Å². The molecule has 4 nitrogen and oxygen atoms in total. The Bertz CT molecular complexity index is 547. The molecule has 0 fully saturated rings. The summed E-state index contributed by atoms with van der Waals surface area (Å²) in [5, 5.41) is 7.87. The van der Waals surface area contributed by atoms with Crippen molar-refractivity contribution in [2.24, 2.45) is 0 Å². The summed E-state index contributed by atoms with van der Waals surface area (Å²) in [6.45, 7) is 5.85. The van der Waals surface area contributed by atoms with Gasteiger partial charge in [-0.15, -0.1) is 11.3 Å². The number of halogens is 1. The zero-order valence-electron chi connectivity index (χ0n) is 11.2. The molecule has 0 unspecified atom stereocenters. The van der Waals surface area contributed by atoms with Gasteiger partial charge in [0.15, 0.2) is 0 Å². The summed E-state index contributed by atoms with van der Waals surface area (Å²) in [4.78, 5) is 1.36. The van der Waals surface area contributed by atoms with Crippen molar-refractivity contribution >= 4 is 38.8 Å². The number of aromatic nitrogens is 2. The van der Waals surface area contributed by atoms with Gasteiger partial charge in [0.1, 0.15) is 5.82 Å². The third-order valence-electron chi connectivity index (χ3n) is 2.90. The van der Waals surface area contributed by atoms with Crippen LogP contribution in [-0.4, -0.2) is 16.3 Å². The number of nitrogens with zero attached hydrogens (tertiary/aromatic N) is 2. The van der Waals surface area contributed by atoms with Crippen LogP contribution in [0.4, 0.5) is 11.5 Å². The predicted molar refractivity (Wildman–Crippen MR) is 85.9 cm³/mol. The minimum atomic E-state index is 0.765. The van der Waals surface area contributed by atoms with Gasteiger partial charge in [0, 0.05) is 18.0 Å². The smallest absolute Gasteiger partial charge is 0.148 e. The summed E-state index contributed by atoms with van der Waals surface area (Å²) in [6.07, 6.45) is 2.04. The van der Waals surface area contributed by atoms with Gasteiger partial charge in [-0.05, 0) is 47.8 Å². The molecule has 2 heterocycles. The first-order chi connectivity index (χ1) is 9.11. The van der Waals surface area contributed by atoms with Crippen molar-refractivity contribution in [1.82, 2.24) is 9.78 Å². The summed E-state index contributed by atoms with van der Waals surface area (Å²) in [7, 11) is 0. The molecule has 0 aliphatic carbocycles. The molecule has 2 aromatic rings. The first kappa shape index (κ1) is 14.4. The first-order valence-corrected chi connectivity index (χ1v) is 8.03. The molecule has 6 heteroatoms. The van der Waals surface area contributed by atoms with Gasteiger partial charge < -0.3 is 11.1 Å². The summed E-state index contributed by atoms with van der Waals surface area (Å²) < 4.78 is 3.14. The Balaban J connectivity index is 1.98. The SMILES string of the molecule is CCCn1nc(C)c(N)c1NCCc1ccc(Br)s1. The number of thiophene rings is 1. The van der Waals surface area contributed by atoms with Gasteiger partial charge in [0.25, 0.3) is 0 Å². The molecule has 0 radical (unpaired) electrons. The second-order valence-electron chi connectivity index (χ2n) is 4.45. The van der Waals surface area contributed by atoms with E-state index in [1.807, 2.05) is 11.6 Å². The number of nitrogen functional groups attached to an aromatic ring is 1. The molecule has 0 saturated carbocycles. The number of nitrogens with one attached hydrogen (secondary N) is 1. The third-order valence-corrected chi connectivity index (χ3v) is 4.59. The average molecular weight is 343 g/mol. The van der Waals surface area contributed by atoms with Gasteiger partial charge in [0.2, 0.25) is 0 Å². The fourth-order valence-electron chi connectivity index (χ4n) is 1.95. The highest BCUT2D eigenvalue weighted by Crippen LogP contribution is 2.24. The first-order valence-electron chi connectivity index (χ1n) is 6.42. The summed E-state index contributed by atoms with van der Waals surface area (Å²) in [6, 6.07) is 4.23.